The zero-order valence-electron chi connectivity index (χ0n) is 14.1. The zero-order valence-corrected chi connectivity index (χ0v) is 16.5. The van der Waals surface area contributed by atoms with Crippen molar-refractivity contribution in [1.82, 2.24) is 15.1 Å². The van der Waals surface area contributed by atoms with E-state index in [1.807, 2.05) is 43.5 Å². The van der Waals surface area contributed by atoms with Crippen molar-refractivity contribution in [2.24, 2.45) is 0 Å². The number of aromatic nitrogens is 2. The fraction of sp³-hybridized carbons (Fsp3) is 0.158. The molecule has 0 aliphatic rings. The van der Waals surface area contributed by atoms with Crippen molar-refractivity contribution in [2.45, 2.75) is 19.5 Å². The van der Waals surface area contributed by atoms with Gasteiger partial charge in [0.2, 0.25) is 0 Å². The van der Waals surface area contributed by atoms with E-state index >= 15 is 0 Å². The second-order valence-electron chi connectivity index (χ2n) is 5.88. The van der Waals surface area contributed by atoms with E-state index in [4.69, 9.17) is 12.2 Å². The third-order valence-corrected chi connectivity index (χ3v) is 4.65. The summed E-state index contributed by atoms with van der Waals surface area (Å²) in [6.45, 7) is 2.59. The first kappa shape index (κ1) is 18.5. The molecule has 2 aromatic carbocycles. The molecule has 3 aromatic rings. The molecular formula is C19H18BrFN4S. The molecule has 0 amide bonds. The predicted molar refractivity (Wildman–Crippen MR) is 110 cm³/mol. The van der Waals surface area contributed by atoms with Crippen molar-refractivity contribution < 1.29 is 4.39 Å². The minimum absolute atomic E-state index is 0.0799. The van der Waals surface area contributed by atoms with E-state index in [9.17, 15) is 4.39 Å². The van der Waals surface area contributed by atoms with Crippen LogP contribution in [0.3, 0.4) is 0 Å². The second kappa shape index (κ2) is 8.42. The maximum atomic E-state index is 13.0. The monoisotopic (exact) mass is 432 g/mol. The van der Waals surface area contributed by atoms with Gasteiger partial charge in [-0.1, -0.05) is 42.5 Å². The minimum Gasteiger partial charge on any atom is -0.356 e. The van der Waals surface area contributed by atoms with Gasteiger partial charge in [-0.05, 0) is 58.3 Å². The molecule has 1 heterocycles. The molecule has 0 saturated heterocycles. The number of benzene rings is 2. The van der Waals surface area contributed by atoms with Crippen molar-refractivity contribution in [3.05, 3.63) is 82.2 Å². The molecule has 0 aliphatic carbocycles. The number of hydrogen-bond acceptors (Lipinski definition) is 2. The van der Waals surface area contributed by atoms with E-state index in [0.29, 0.717) is 17.5 Å². The van der Waals surface area contributed by atoms with Gasteiger partial charge in [0.1, 0.15) is 5.82 Å². The molecule has 1 atom stereocenters. The lowest BCUT2D eigenvalue weighted by atomic mass is 10.1. The van der Waals surface area contributed by atoms with Gasteiger partial charge in [0.25, 0.3) is 0 Å². The first-order chi connectivity index (χ1) is 12.5. The van der Waals surface area contributed by atoms with E-state index in [0.717, 1.165) is 15.6 Å². The van der Waals surface area contributed by atoms with Gasteiger partial charge >= 0.3 is 0 Å². The number of thiocarbonyl (C=S) groups is 1. The topological polar surface area (TPSA) is 41.9 Å². The Kier molecular flexibility index (Phi) is 6.00. The second-order valence-corrected chi connectivity index (χ2v) is 7.14. The highest BCUT2D eigenvalue weighted by atomic mass is 79.9. The Morgan fingerprint density at radius 1 is 1.19 bits per heavy atom. The lowest BCUT2D eigenvalue weighted by molar-refractivity contribution is 0.624. The number of anilines is 1. The van der Waals surface area contributed by atoms with Gasteiger partial charge in [-0.15, -0.1) is 0 Å². The molecule has 2 N–H and O–H groups in total. The third-order valence-electron chi connectivity index (χ3n) is 3.85. The highest BCUT2D eigenvalue weighted by Gasteiger charge is 2.11. The van der Waals surface area contributed by atoms with Gasteiger partial charge in [0.05, 0.1) is 17.1 Å². The van der Waals surface area contributed by atoms with Crippen LogP contribution in [0, 0.1) is 5.82 Å². The SMILES string of the molecule is CC(NC(=S)Nc1nn(Cc2ccc(F)cc2)cc1Br)c1ccccc1. The van der Waals surface area contributed by atoms with E-state index in [1.54, 1.807) is 16.8 Å². The fourth-order valence-corrected chi connectivity index (χ4v) is 3.19. The minimum atomic E-state index is -0.248. The number of nitrogens with zero attached hydrogens (tertiary/aromatic N) is 2. The van der Waals surface area contributed by atoms with Crippen molar-refractivity contribution in [3.63, 3.8) is 0 Å². The molecule has 1 aromatic heterocycles. The van der Waals surface area contributed by atoms with Gasteiger partial charge in [-0.3, -0.25) is 4.68 Å². The summed E-state index contributed by atoms with van der Waals surface area (Å²) in [5, 5.41) is 11.3. The van der Waals surface area contributed by atoms with Crippen LogP contribution in [0.25, 0.3) is 0 Å². The van der Waals surface area contributed by atoms with Crippen LogP contribution in [0.15, 0.2) is 65.3 Å². The van der Waals surface area contributed by atoms with Crippen LogP contribution >= 0.6 is 28.1 Å². The van der Waals surface area contributed by atoms with Gasteiger partial charge in [-0.2, -0.15) is 5.10 Å². The Morgan fingerprint density at radius 2 is 1.88 bits per heavy atom. The molecule has 0 spiro atoms. The summed E-state index contributed by atoms with van der Waals surface area (Å²) in [6, 6.07) is 16.5. The standard InChI is InChI=1S/C19H18BrFN4S/c1-13(15-5-3-2-4-6-15)22-19(26)23-18-17(20)12-25(24-18)11-14-7-9-16(21)10-8-14/h2-10,12-13H,11H2,1H3,(H2,22,23,24,26). The molecule has 3 rings (SSSR count). The van der Waals surface area contributed by atoms with Crippen molar-refractivity contribution in [1.29, 1.82) is 0 Å². The van der Waals surface area contributed by atoms with Crippen LogP contribution in [-0.2, 0) is 6.54 Å². The van der Waals surface area contributed by atoms with Crippen molar-refractivity contribution in [3.8, 4) is 0 Å². The summed E-state index contributed by atoms with van der Waals surface area (Å²) in [4.78, 5) is 0. The smallest absolute Gasteiger partial charge is 0.172 e. The highest BCUT2D eigenvalue weighted by Crippen LogP contribution is 2.21. The number of rotatable bonds is 5. The third kappa shape index (κ3) is 4.89. The molecule has 0 radical (unpaired) electrons. The molecular weight excluding hydrogens is 415 g/mol. The summed E-state index contributed by atoms with van der Waals surface area (Å²) in [5.74, 6) is 0.381. The molecule has 1 unspecified atom stereocenters. The Balaban J connectivity index is 1.62. The van der Waals surface area contributed by atoms with Crippen LogP contribution < -0.4 is 10.6 Å². The summed E-state index contributed by atoms with van der Waals surface area (Å²) in [6.07, 6.45) is 1.86. The van der Waals surface area contributed by atoms with Gasteiger partial charge in [0, 0.05) is 6.20 Å². The molecule has 4 nitrogen and oxygen atoms in total. The molecule has 0 fully saturated rings. The van der Waals surface area contributed by atoms with Crippen molar-refractivity contribution >= 4 is 39.1 Å². The van der Waals surface area contributed by atoms with E-state index in [1.165, 1.54) is 12.1 Å². The fourth-order valence-electron chi connectivity index (χ4n) is 2.50. The first-order valence-electron chi connectivity index (χ1n) is 8.11. The molecule has 7 heteroatoms. The molecule has 26 heavy (non-hydrogen) atoms. The maximum Gasteiger partial charge on any atom is 0.172 e. The predicted octanol–water partition coefficient (Wildman–Crippen LogP) is 4.88. The maximum absolute atomic E-state index is 13.0. The summed E-state index contributed by atoms with van der Waals surface area (Å²) >= 11 is 8.88. The first-order valence-corrected chi connectivity index (χ1v) is 9.31. The normalized spacial score (nSPS) is 11.8. The van der Waals surface area contributed by atoms with Gasteiger partial charge < -0.3 is 10.6 Å². The van der Waals surface area contributed by atoms with Crippen molar-refractivity contribution in [2.75, 3.05) is 5.32 Å². The number of nitrogens with one attached hydrogen (secondary N) is 2. The largest absolute Gasteiger partial charge is 0.356 e. The zero-order chi connectivity index (χ0) is 18.5. The highest BCUT2D eigenvalue weighted by molar-refractivity contribution is 9.10. The van der Waals surface area contributed by atoms with E-state index in [2.05, 4.69) is 31.7 Å². The molecule has 134 valence electrons. The summed E-state index contributed by atoms with van der Waals surface area (Å²) < 4.78 is 15.6. The van der Waals surface area contributed by atoms with E-state index < -0.39 is 0 Å². The lowest BCUT2D eigenvalue weighted by Crippen LogP contribution is -2.31. The van der Waals surface area contributed by atoms with Gasteiger partial charge in [-0.25, -0.2) is 4.39 Å². The van der Waals surface area contributed by atoms with Crippen LogP contribution in [0.4, 0.5) is 10.2 Å². The number of halogens is 2. The Labute approximate surface area is 165 Å². The Morgan fingerprint density at radius 3 is 2.58 bits per heavy atom. The van der Waals surface area contributed by atoms with Crippen LogP contribution in [-0.4, -0.2) is 14.9 Å². The van der Waals surface area contributed by atoms with Crippen LogP contribution in [0.1, 0.15) is 24.1 Å². The average molecular weight is 433 g/mol. The van der Waals surface area contributed by atoms with Crippen LogP contribution in [0.2, 0.25) is 0 Å². The van der Waals surface area contributed by atoms with E-state index in [-0.39, 0.29) is 11.9 Å². The van der Waals surface area contributed by atoms with Crippen LogP contribution in [0.5, 0.6) is 0 Å². The number of hydrogen-bond donors (Lipinski definition) is 2. The molecule has 0 bridgehead atoms. The lowest BCUT2D eigenvalue weighted by Gasteiger charge is -2.16. The molecule has 0 aliphatic heterocycles. The Hall–Kier alpha value is -2.25. The Bertz CT molecular complexity index is 880. The average Bonchev–Trinajstić information content (AvgIpc) is 2.96. The summed E-state index contributed by atoms with van der Waals surface area (Å²) in [5.41, 5.74) is 2.11. The molecule has 0 saturated carbocycles. The quantitative estimate of drug-likeness (QED) is 0.563. The summed E-state index contributed by atoms with van der Waals surface area (Å²) in [7, 11) is 0. The van der Waals surface area contributed by atoms with Gasteiger partial charge in [0.15, 0.2) is 10.9 Å².